The van der Waals surface area contributed by atoms with Crippen LogP contribution in [0.3, 0.4) is 0 Å². The van der Waals surface area contributed by atoms with Crippen molar-refractivity contribution >= 4 is 17.3 Å². The first-order chi connectivity index (χ1) is 8.66. The SMILES string of the molecule is Cc1ccccc1-c1nc(C2CC2C(=O)O)cs1. The largest absolute Gasteiger partial charge is 0.481 e. The molecule has 2 aromatic rings. The molecule has 1 aromatic heterocycles. The molecular weight excluding hydrogens is 246 g/mol. The second-order valence-electron chi connectivity index (χ2n) is 4.68. The summed E-state index contributed by atoms with van der Waals surface area (Å²) in [6.07, 6.45) is 0.728. The zero-order valence-corrected chi connectivity index (χ0v) is 10.8. The highest BCUT2D eigenvalue weighted by Gasteiger charge is 2.45. The number of aromatic nitrogens is 1. The van der Waals surface area contributed by atoms with Crippen LogP contribution >= 0.6 is 11.3 Å². The molecule has 0 spiro atoms. The van der Waals surface area contributed by atoms with Crippen LogP contribution in [0.2, 0.25) is 0 Å². The third kappa shape index (κ3) is 1.93. The number of thiazole rings is 1. The van der Waals surface area contributed by atoms with Crippen molar-refractivity contribution in [1.82, 2.24) is 4.98 Å². The Morgan fingerprint density at radius 1 is 1.44 bits per heavy atom. The van der Waals surface area contributed by atoms with Gasteiger partial charge in [0, 0.05) is 16.9 Å². The molecule has 92 valence electrons. The van der Waals surface area contributed by atoms with Gasteiger partial charge in [0.05, 0.1) is 11.6 Å². The lowest BCUT2D eigenvalue weighted by molar-refractivity contribution is -0.138. The normalized spacial score (nSPS) is 21.8. The molecule has 1 saturated carbocycles. The molecule has 18 heavy (non-hydrogen) atoms. The van der Waals surface area contributed by atoms with Crippen molar-refractivity contribution in [3.05, 3.63) is 40.9 Å². The molecule has 1 N–H and O–H groups in total. The lowest BCUT2D eigenvalue weighted by Gasteiger charge is -2.00. The van der Waals surface area contributed by atoms with Gasteiger partial charge in [0.15, 0.2) is 0 Å². The predicted octanol–water partition coefficient (Wildman–Crippen LogP) is 3.31. The van der Waals surface area contributed by atoms with E-state index in [1.54, 1.807) is 11.3 Å². The molecule has 2 unspecified atom stereocenters. The van der Waals surface area contributed by atoms with Gasteiger partial charge in [0.25, 0.3) is 0 Å². The fourth-order valence-corrected chi connectivity index (χ4v) is 3.16. The van der Waals surface area contributed by atoms with Crippen molar-refractivity contribution in [2.45, 2.75) is 19.3 Å². The van der Waals surface area contributed by atoms with Gasteiger partial charge in [-0.25, -0.2) is 4.98 Å². The van der Waals surface area contributed by atoms with Crippen LogP contribution in [0.5, 0.6) is 0 Å². The van der Waals surface area contributed by atoms with Crippen LogP contribution < -0.4 is 0 Å². The molecular formula is C14H13NO2S. The van der Waals surface area contributed by atoms with E-state index in [0.717, 1.165) is 22.7 Å². The van der Waals surface area contributed by atoms with Gasteiger partial charge in [-0.3, -0.25) is 4.79 Å². The second kappa shape index (κ2) is 4.21. The van der Waals surface area contributed by atoms with E-state index in [2.05, 4.69) is 24.0 Å². The van der Waals surface area contributed by atoms with E-state index in [9.17, 15) is 4.79 Å². The zero-order chi connectivity index (χ0) is 12.7. The number of hydrogen-bond donors (Lipinski definition) is 1. The summed E-state index contributed by atoms with van der Waals surface area (Å²) >= 11 is 1.59. The van der Waals surface area contributed by atoms with E-state index in [4.69, 9.17) is 5.11 Å². The Morgan fingerprint density at radius 2 is 2.22 bits per heavy atom. The van der Waals surface area contributed by atoms with Crippen LogP contribution in [-0.4, -0.2) is 16.1 Å². The average Bonchev–Trinajstić information content (AvgIpc) is 3.02. The molecule has 3 rings (SSSR count). The minimum atomic E-state index is -0.703. The van der Waals surface area contributed by atoms with Crippen LogP contribution in [0, 0.1) is 12.8 Å². The number of carboxylic acid groups (broad SMARTS) is 1. The van der Waals surface area contributed by atoms with E-state index in [1.165, 1.54) is 5.56 Å². The van der Waals surface area contributed by atoms with Gasteiger partial charge in [-0.15, -0.1) is 11.3 Å². The van der Waals surface area contributed by atoms with Crippen molar-refractivity contribution in [2.75, 3.05) is 0 Å². The predicted molar refractivity (Wildman–Crippen MR) is 70.8 cm³/mol. The standard InChI is InChI=1S/C14H13NO2S/c1-8-4-2-3-5-9(8)13-15-12(7-18-13)10-6-11(10)14(16)17/h2-5,7,10-11H,6H2,1H3,(H,16,17). The molecule has 1 aromatic carbocycles. The van der Waals surface area contributed by atoms with Gasteiger partial charge in [-0.05, 0) is 18.9 Å². The van der Waals surface area contributed by atoms with E-state index in [1.807, 2.05) is 17.5 Å². The number of benzene rings is 1. The third-order valence-electron chi connectivity index (χ3n) is 3.38. The van der Waals surface area contributed by atoms with Crippen molar-refractivity contribution in [3.8, 4) is 10.6 Å². The Balaban J connectivity index is 1.87. The number of aliphatic carboxylic acids is 1. The highest BCUT2D eigenvalue weighted by Crippen LogP contribution is 2.48. The summed E-state index contributed by atoms with van der Waals surface area (Å²) in [5.41, 5.74) is 3.27. The topological polar surface area (TPSA) is 50.2 Å². The fourth-order valence-electron chi connectivity index (χ4n) is 2.19. The van der Waals surface area contributed by atoms with Gasteiger partial charge < -0.3 is 5.11 Å². The number of hydrogen-bond acceptors (Lipinski definition) is 3. The van der Waals surface area contributed by atoms with Crippen LogP contribution in [0.15, 0.2) is 29.6 Å². The number of carboxylic acids is 1. The van der Waals surface area contributed by atoms with E-state index in [0.29, 0.717) is 0 Å². The van der Waals surface area contributed by atoms with Crippen molar-refractivity contribution in [2.24, 2.45) is 5.92 Å². The summed E-state index contributed by atoms with van der Waals surface area (Å²) in [4.78, 5) is 15.4. The van der Waals surface area contributed by atoms with E-state index in [-0.39, 0.29) is 11.8 Å². The number of rotatable bonds is 3. The Labute approximate surface area is 109 Å². The van der Waals surface area contributed by atoms with Gasteiger partial charge >= 0.3 is 5.97 Å². The zero-order valence-electron chi connectivity index (χ0n) is 9.96. The molecule has 1 heterocycles. The molecule has 1 fully saturated rings. The molecule has 0 aliphatic heterocycles. The van der Waals surface area contributed by atoms with Crippen molar-refractivity contribution < 1.29 is 9.90 Å². The second-order valence-corrected chi connectivity index (χ2v) is 5.54. The summed E-state index contributed by atoms with van der Waals surface area (Å²) < 4.78 is 0. The maximum atomic E-state index is 10.9. The fraction of sp³-hybridized carbons (Fsp3) is 0.286. The van der Waals surface area contributed by atoms with Crippen LogP contribution in [-0.2, 0) is 4.79 Å². The minimum absolute atomic E-state index is 0.122. The molecule has 0 amide bonds. The van der Waals surface area contributed by atoms with Gasteiger partial charge in [-0.2, -0.15) is 0 Å². The highest BCUT2D eigenvalue weighted by molar-refractivity contribution is 7.13. The molecule has 1 aliphatic rings. The highest BCUT2D eigenvalue weighted by atomic mass is 32.1. The first-order valence-corrected chi connectivity index (χ1v) is 6.79. The molecule has 3 nitrogen and oxygen atoms in total. The minimum Gasteiger partial charge on any atom is -0.481 e. The lowest BCUT2D eigenvalue weighted by Crippen LogP contribution is -1.98. The summed E-state index contributed by atoms with van der Waals surface area (Å²) in [7, 11) is 0. The molecule has 0 saturated heterocycles. The summed E-state index contributed by atoms with van der Waals surface area (Å²) in [6.45, 7) is 2.06. The molecule has 1 aliphatic carbocycles. The Hall–Kier alpha value is -1.68. The molecule has 4 heteroatoms. The smallest absolute Gasteiger partial charge is 0.307 e. The first kappa shape index (κ1) is 11.4. The summed E-state index contributed by atoms with van der Waals surface area (Å²) in [5, 5.41) is 11.9. The summed E-state index contributed by atoms with van der Waals surface area (Å²) in [6, 6.07) is 8.13. The third-order valence-corrected chi connectivity index (χ3v) is 4.28. The van der Waals surface area contributed by atoms with E-state index >= 15 is 0 Å². The Kier molecular flexibility index (Phi) is 2.67. The quantitative estimate of drug-likeness (QED) is 0.920. The van der Waals surface area contributed by atoms with Crippen LogP contribution in [0.1, 0.15) is 23.6 Å². The number of nitrogens with zero attached hydrogens (tertiary/aromatic N) is 1. The van der Waals surface area contributed by atoms with Gasteiger partial charge in [-0.1, -0.05) is 24.3 Å². The maximum Gasteiger partial charge on any atom is 0.307 e. The lowest BCUT2D eigenvalue weighted by atomic mass is 10.1. The van der Waals surface area contributed by atoms with Gasteiger partial charge in [0.2, 0.25) is 0 Å². The Morgan fingerprint density at radius 3 is 2.89 bits per heavy atom. The molecule has 2 atom stereocenters. The molecule has 0 radical (unpaired) electrons. The number of carbonyl (C=O) groups is 1. The van der Waals surface area contributed by atoms with E-state index < -0.39 is 5.97 Å². The number of aryl methyl sites for hydroxylation is 1. The molecule has 0 bridgehead atoms. The first-order valence-electron chi connectivity index (χ1n) is 5.91. The summed E-state index contributed by atoms with van der Waals surface area (Å²) in [5.74, 6) is -0.807. The van der Waals surface area contributed by atoms with Crippen molar-refractivity contribution in [1.29, 1.82) is 0 Å². The Bertz CT molecular complexity index is 605. The van der Waals surface area contributed by atoms with Gasteiger partial charge in [0.1, 0.15) is 5.01 Å². The van der Waals surface area contributed by atoms with Crippen LogP contribution in [0.25, 0.3) is 10.6 Å². The van der Waals surface area contributed by atoms with Crippen LogP contribution in [0.4, 0.5) is 0 Å². The monoisotopic (exact) mass is 259 g/mol. The maximum absolute atomic E-state index is 10.9. The average molecular weight is 259 g/mol. The van der Waals surface area contributed by atoms with Crippen molar-refractivity contribution in [3.63, 3.8) is 0 Å².